The lowest BCUT2D eigenvalue weighted by molar-refractivity contribution is -0.924. The number of hydrogen-bond donors (Lipinski definition) is 1. The topological polar surface area (TPSA) is 43.3 Å². The lowest BCUT2D eigenvalue weighted by Crippen LogP contribution is -3.14. The highest BCUT2D eigenvalue weighted by molar-refractivity contribution is 7.71. The lowest BCUT2D eigenvalue weighted by Gasteiger charge is -2.33. The van der Waals surface area contributed by atoms with Crippen LogP contribution in [-0.2, 0) is 6.67 Å². The SMILES string of the molecule is Cc1ccc(-n2nnn(C[NH+]3CCN(c4ccc(F)cc4)CC3)c2=S)c(C)c1. The second-order valence-corrected chi connectivity index (χ2v) is 7.70. The summed E-state index contributed by atoms with van der Waals surface area (Å²) >= 11 is 5.62. The molecule has 0 atom stereocenters. The molecular formula is C20H24FN6S+. The molecule has 2 heterocycles. The Morgan fingerprint density at radius 1 is 1.04 bits per heavy atom. The van der Waals surface area contributed by atoms with E-state index < -0.39 is 0 Å². The predicted octanol–water partition coefficient (Wildman–Crippen LogP) is 1.92. The van der Waals surface area contributed by atoms with Crippen molar-refractivity contribution in [2.24, 2.45) is 0 Å². The van der Waals surface area contributed by atoms with Gasteiger partial charge in [-0.05, 0) is 72.4 Å². The maximum atomic E-state index is 13.1. The van der Waals surface area contributed by atoms with Crippen LogP contribution in [0.2, 0.25) is 0 Å². The highest BCUT2D eigenvalue weighted by Gasteiger charge is 2.21. The monoisotopic (exact) mass is 399 g/mol. The van der Waals surface area contributed by atoms with Gasteiger partial charge in [-0.2, -0.15) is 9.36 Å². The van der Waals surface area contributed by atoms with Gasteiger partial charge in [-0.3, -0.25) is 0 Å². The number of piperazine rings is 1. The Balaban J connectivity index is 1.43. The van der Waals surface area contributed by atoms with Gasteiger partial charge in [-0.15, -0.1) is 0 Å². The molecule has 0 bridgehead atoms. The summed E-state index contributed by atoms with van der Waals surface area (Å²) in [5.41, 5.74) is 4.38. The number of aromatic nitrogens is 4. The van der Waals surface area contributed by atoms with E-state index in [9.17, 15) is 4.39 Å². The van der Waals surface area contributed by atoms with Crippen molar-refractivity contribution >= 4 is 17.9 Å². The first-order chi connectivity index (χ1) is 13.5. The van der Waals surface area contributed by atoms with Gasteiger partial charge in [0, 0.05) is 5.69 Å². The number of nitrogens with one attached hydrogen (secondary N) is 1. The largest absolute Gasteiger partial charge is 0.360 e. The minimum Gasteiger partial charge on any atom is -0.360 e. The van der Waals surface area contributed by atoms with Crippen molar-refractivity contribution in [2.75, 3.05) is 31.1 Å². The van der Waals surface area contributed by atoms with E-state index in [0.717, 1.165) is 43.1 Å². The number of rotatable bonds is 4. The van der Waals surface area contributed by atoms with Gasteiger partial charge in [0.15, 0.2) is 6.67 Å². The minimum absolute atomic E-state index is 0.200. The molecule has 28 heavy (non-hydrogen) atoms. The Hall–Kier alpha value is -2.58. The fourth-order valence-electron chi connectivity index (χ4n) is 3.67. The molecule has 8 heteroatoms. The predicted molar refractivity (Wildman–Crippen MR) is 109 cm³/mol. The van der Waals surface area contributed by atoms with Crippen molar-refractivity contribution < 1.29 is 9.29 Å². The van der Waals surface area contributed by atoms with Crippen LogP contribution in [0.4, 0.5) is 10.1 Å². The van der Waals surface area contributed by atoms with Crippen LogP contribution in [0, 0.1) is 24.4 Å². The summed E-state index contributed by atoms with van der Waals surface area (Å²) in [6.45, 7) is 8.59. The Labute approximate surface area is 168 Å². The molecule has 0 radical (unpaired) electrons. The third kappa shape index (κ3) is 3.83. The molecule has 146 valence electrons. The molecule has 6 nitrogen and oxygen atoms in total. The molecule has 0 saturated carbocycles. The highest BCUT2D eigenvalue weighted by Crippen LogP contribution is 2.15. The fraction of sp³-hybridized carbons (Fsp3) is 0.350. The Kier molecular flexibility index (Phi) is 5.23. The number of hydrogen-bond acceptors (Lipinski definition) is 4. The summed E-state index contributed by atoms with van der Waals surface area (Å²) in [4.78, 5) is 3.69. The van der Waals surface area contributed by atoms with E-state index in [1.54, 1.807) is 9.36 Å². The van der Waals surface area contributed by atoms with E-state index in [-0.39, 0.29) is 5.82 Å². The summed E-state index contributed by atoms with van der Waals surface area (Å²) in [6, 6.07) is 12.9. The number of benzene rings is 2. The van der Waals surface area contributed by atoms with Crippen LogP contribution in [0.5, 0.6) is 0 Å². The smallest absolute Gasteiger partial charge is 0.225 e. The Bertz CT molecular complexity index is 1020. The van der Waals surface area contributed by atoms with E-state index in [1.165, 1.54) is 22.6 Å². The van der Waals surface area contributed by atoms with Gasteiger partial charge in [0.2, 0.25) is 4.77 Å². The molecule has 1 fully saturated rings. The second-order valence-electron chi connectivity index (χ2n) is 7.33. The quantitative estimate of drug-likeness (QED) is 0.681. The summed E-state index contributed by atoms with van der Waals surface area (Å²) in [6.07, 6.45) is 0. The van der Waals surface area contributed by atoms with Crippen LogP contribution < -0.4 is 9.80 Å². The first-order valence-corrected chi connectivity index (χ1v) is 9.86. The van der Waals surface area contributed by atoms with Gasteiger partial charge in [-0.1, -0.05) is 17.7 Å². The van der Waals surface area contributed by atoms with Crippen LogP contribution >= 0.6 is 12.2 Å². The van der Waals surface area contributed by atoms with Crippen LogP contribution in [0.25, 0.3) is 5.69 Å². The number of quaternary nitrogens is 1. The van der Waals surface area contributed by atoms with Gasteiger partial charge in [-0.25, -0.2) is 4.39 Å². The second kappa shape index (κ2) is 7.81. The summed E-state index contributed by atoms with van der Waals surface area (Å²) < 4.78 is 17.3. The van der Waals surface area contributed by atoms with E-state index in [2.05, 4.69) is 41.3 Å². The Morgan fingerprint density at radius 2 is 1.75 bits per heavy atom. The highest BCUT2D eigenvalue weighted by atomic mass is 32.1. The lowest BCUT2D eigenvalue weighted by atomic mass is 10.1. The average molecular weight is 400 g/mol. The van der Waals surface area contributed by atoms with Crippen LogP contribution in [0.3, 0.4) is 0 Å². The number of tetrazole rings is 1. The maximum Gasteiger partial charge on any atom is 0.225 e. The molecule has 0 aliphatic carbocycles. The van der Waals surface area contributed by atoms with E-state index in [1.807, 2.05) is 18.2 Å². The van der Waals surface area contributed by atoms with Gasteiger partial charge in [0.25, 0.3) is 0 Å². The van der Waals surface area contributed by atoms with E-state index in [0.29, 0.717) is 11.4 Å². The summed E-state index contributed by atoms with van der Waals surface area (Å²) in [5, 5.41) is 8.56. The summed E-state index contributed by atoms with van der Waals surface area (Å²) in [7, 11) is 0. The molecule has 0 unspecified atom stereocenters. The standard InChI is InChI=1S/C20H23FN6S/c1-15-3-8-19(16(2)13-15)27-20(28)26(22-23-27)14-24-9-11-25(12-10-24)18-6-4-17(21)5-7-18/h3-8,13H,9-12,14H2,1-2H3/p+1. The molecule has 1 N–H and O–H groups in total. The molecule has 0 amide bonds. The molecule has 3 aromatic rings. The minimum atomic E-state index is -0.200. The van der Waals surface area contributed by atoms with Crippen molar-refractivity contribution in [3.8, 4) is 5.69 Å². The van der Waals surface area contributed by atoms with Gasteiger partial charge in [0.1, 0.15) is 5.82 Å². The molecule has 2 aromatic carbocycles. The fourth-order valence-corrected chi connectivity index (χ4v) is 3.91. The van der Waals surface area contributed by atoms with E-state index in [4.69, 9.17) is 12.2 Å². The van der Waals surface area contributed by atoms with Gasteiger partial charge in [0.05, 0.1) is 31.9 Å². The normalized spacial score (nSPS) is 15.2. The third-order valence-corrected chi connectivity index (χ3v) is 5.64. The molecule has 1 saturated heterocycles. The van der Waals surface area contributed by atoms with Crippen molar-refractivity contribution in [1.29, 1.82) is 0 Å². The summed E-state index contributed by atoms with van der Waals surface area (Å²) in [5.74, 6) is -0.200. The number of aryl methyl sites for hydroxylation is 2. The van der Waals surface area contributed by atoms with Crippen molar-refractivity contribution in [3.63, 3.8) is 0 Å². The molecular weight excluding hydrogens is 375 g/mol. The zero-order chi connectivity index (χ0) is 19.7. The molecule has 1 aliphatic rings. The third-order valence-electron chi connectivity index (χ3n) is 5.26. The molecule has 1 aliphatic heterocycles. The number of halogens is 1. The number of nitrogens with zero attached hydrogens (tertiary/aromatic N) is 5. The number of anilines is 1. The van der Waals surface area contributed by atoms with Crippen LogP contribution in [0.15, 0.2) is 42.5 Å². The van der Waals surface area contributed by atoms with Crippen molar-refractivity contribution in [1.82, 2.24) is 19.8 Å². The first kappa shape index (κ1) is 18.8. The van der Waals surface area contributed by atoms with Gasteiger partial charge >= 0.3 is 0 Å². The van der Waals surface area contributed by atoms with Crippen molar-refractivity contribution in [2.45, 2.75) is 20.5 Å². The van der Waals surface area contributed by atoms with E-state index >= 15 is 0 Å². The Morgan fingerprint density at radius 3 is 2.43 bits per heavy atom. The molecule has 1 aromatic heterocycles. The van der Waals surface area contributed by atoms with Crippen molar-refractivity contribution in [3.05, 3.63) is 64.2 Å². The zero-order valence-electron chi connectivity index (χ0n) is 16.1. The molecule has 0 spiro atoms. The van der Waals surface area contributed by atoms with Crippen LogP contribution in [0.1, 0.15) is 11.1 Å². The molecule has 4 rings (SSSR count). The zero-order valence-corrected chi connectivity index (χ0v) is 16.9. The van der Waals surface area contributed by atoms with Crippen LogP contribution in [-0.4, -0.2) is 46.0 Å². The first-order valence-electron chi connectivity index (χ1n) is 9.46. The maximum absolute atomic E-state index is 13.1. The average Bonchev–Trinajstić information content (AvgIpc) is 3.03. The van der Waals surface area contributed by atoms with Gasteiger partial charge < -0.3 is 9.80 Å².